The van der Waals surface area contributed by atoms with E-state index in [0.29, 0.717) is 17.5 Å². The first-order valence-electron chi connectivity index (χ1n) is 6.08. The third kappa shape index (κ3) is 3.92. The quantitative estimate of drug-likeness (QED) is 0.385. The summed E-state index contributed by atoms with van der Waals surface area (Å²) in [6, 6.07) is 1.79. The summed E-state index contributed by atoms with van der Waals surface area (Å²) in [7, 11) is -0.736. The molecule has 1 unspecified atom stereocenters. The van der Waals surface area contributed by atoms with Gasteiger partial charge in [-0.25, -0.2) is 15.8 Å². The average Bonchev–Trinajstić information content (AvgIpc) is 3.18. The lowest BCUT2D eigenvalue weighted by Gasteiger charge is -2.09. The molecule has 0 radical (unpaired) electrons. The van der Waals surface area contributed by atoms with E-state index in [2.05, 4.69) is 20.7 Å². The number of nitrogens with zero attached hydrogens (tertiary/aromatic N) is 2. The van der Waals surface area contributed by atoms with E-state index >= 15 is 0 Å². The van der Waals surface area contributed by atoms with Crippen LogP contribution in [0.3, 0.4) is 0 Å². The molecule has 0 amide bonds. The Bertz CT molecular complexity index is 435. The Kier molecular flexibility index (Phi) is 4.48. The molecule has 1 aliphatic rings. The lowest BCUT2D eigenvalue weighted by Crippen LogP contribution is -2.13. The summed E-state index contributed by atoms with van der Waals surface area (Å²) in [6.07, 6.45) is 4.88. The van der Waals surface area contributed by atoms with Crippen LogP contribution in [0.25, 0.3) is 0 Å². The fourth-order valence-corrected chi connectivity index (χ4v) is 2.20. The van der Waals surface area contributed by atoms with Crippen molar-refractivity contribution in [2.24, 2.45) is 5.84 Å². The molecule has 4 N–H and O–H groups in total. The maximum absolute atomic E-state index is 10.9. The van der Waals surface area contributed by atoms with Gasteiger partial charge in [0.1, 0.15) is 17.5 Å². The van der Waals surface area contributed by atoms with Crippen LogP contribution in [0, 0.1) is 0 Å². The van der Waals surface area contributed by atoms with Gasteiger partial charge in [-0.1, -0.05) is 0 Å². The molecule has 0 saturated heterocycles. The van der Waals surface area contributed by atoms with E-state index in [1.165, 1.54) is 0 Å². The largest absolute Gasteiger partial charge is 0.370 e. The Morgan fingerprint density at radius 1 is 1.44 bits per heavy atom. The smallest absolute Gasteiger partial charge is 0.145 e. The van der Waals surface area contributed by atoms with Crippen molar-refractivity contribution < 1.29 is 4.21 Å². The molecule has 1 aromatic heterocycles. The van der Waals surface area contributed by atoms with Gasteiger partial charge in [-0.15, -0.1) is 0 Å². The average molecular weight is 269 g/mol. The second-order valence-electron chi connectivity index (χ2n) is 4.47. The molecule has 1 fully saturated rings. The van der Waals surface area contributed by atoms with Gasteiger partial charge in [0.05, 0.1) is 0 Å². The summed E-state index contributed by atoms with van der Waals surface area (Å²) in [5.74, 6) is 8.85. The SMILES string of the molecule is CS(=O)CCCNc1cc(NN)nc(C2CC2)n1. The molecule has 7 heteroatoms. The summed E-state index contributed by atoms with van der Waals surface area (Å²) in [5.41, 5.74) is 2.56. The Labute approximate surface area is 109 Å². The minimum absolute atomic E-state index is 0.488. The van der Waals surface area contributed by atoms with Gasteiger partial charge in [-0.3, -0.25) is 4.21 Å². The second kappa shape index (κ2) is 6.10. The van der Waals surface area contributed by atoms with Crippen molar-refractivity contribution in [3.05, 3.63) is 11.9 Å². The van der Waals surface area contributed by atoms with Gasteiger partial charge in [-0.05, 0) is 19.3 Å². The first-order chi connectivity index (χ1) is 8.69. The van der Waals surface area contributed by atoms with E-state index in [1.54, 1.807) is 12.3 Å². The molecule has 6 nitrogen and oxygen atoms in total. The molecule has 0 bridgehead atoms. The monoisotopic (exact) mass is 269 g/mol. The molecule has 100 valence electrons. The van der Waals surface area contributed by atoms with Crippen LogP contribution in [0.1, 0.15) is 31.0 Å². The number of aromatic nitrogens is 2. The van der Waals surface area contributed by atoms with Gasteiger partial charge in [0.2, 0.25) is 0 Å². The first-order valence-corrected chi connectivity index (χ1v) is 7.81. The minimum Gasteiger partial charge on any atom is -0.370 e. The Morgan fingerprint density at radius 2 is 2.17 bits per heavy atom. The molecule has 0 aromatic carbocycles. The van der Waals surface area contributed by atoms with E-state index in [4.69, 9.17) is 5.84 Å². The van der Waals surface area contributed by atoms with Crippen LogP contribution in [0.4, 0.5) is 11.6 Å². The zero-order chi connectivity index (χ0) is 13.0. The van der Waals surface area contributed by atoms with Gasteiger partial charge >= 0.3 is 0 Å². The fraction of sp³-hybridized carbons (Fsp3) is 0.636. The number of rotatable bonds is 7. The van der Waals surface area contributed by atoms with E-state index in [9.17, 15) is 4.21 Å². The molecule has 0 spiro atoms. The molecule has 1 saturated carbocycles. The predicted molar refractivity (Wildman–Crippen MR) is 73.9 cm³/mol. The summed E-state index contributed by atoms with van der Waals surface area (Å²) in [6.45, 7) is 0.755. The van der Waals surface area contributed by atoms with Crippen molar-refractivity contribution in [1.82, 2.24) is 9.97 Å². The highest BCUT2D eigenvalue weighted by Gasteiger charge is 2.27. The lowest BCUT2D eigenvalue weighted by molar-refractivity contribution is 0.685. The van der Waals surface area contributed by atoms with Crippen LogP contribution in [0.2, 0.25) is 0 Å². The van der Waals surface area contributed by atoms with E-state index in [-0.39, 0.29) is 0 Å². The highest BCUT2D eigenvalue weighted by Crippen LogP contribution is 2.38. The van der Waals surface area contributed by atoms with Crippen molar-refractivity contribution in [1.29, 1.82) is 0 Å². The van der Waals surface area contributed by atoms with Crippen molar-refractivity contribution in [2.75, 3.05) is 29.3 Å². The Morgan fingerprint density at radius 3 is 2.78 bits per heavy atom. The summed E-state index contributed by atoms with van der Waals surface area (Å²) in [4.78, 5) is 8.80. The van der Waals surface area contributed by atoms with Crippen molar-refractivity contribution >= 4 is 22.4 Å². The number of anilines is 2. The number of hydrogen-bond donors (Lipinski definition) is 3. The Hall–Kier alpha value is -1.21. The molecule has 1 heterocycles. The molecule has 0 aliphatic heterocycles. The van der Waals surface area contributed by atoms with Crippen molar-refractivity contribution in [3.8, 4) is 0 Å². The van der Waals surface area contributed by atoms with Crippen LogP contribution >= 0.6 is 0 Å². The molecular formula is C11H19N5OS. The van der Waals surface area contributed by atoms with E-state index in [1.807, 2.05) is 0 Å². The van der Waals surface area contributed by atoms with Crippen LogP contribution < -0.4 is 16.6 Å². The third-order valence-electron chi connectivity index (χ3n) is 2.75. The zero-order valence-corrected chi connectivity index (χ0v) is 11.3. The molecular weight excluding hydrogens is 250 g/mol. The molecule has 2 rings (SSSR count). The molecule has 1 aliphatic carbocycles. The normalized spacial score (nSPS) is 16.3. The Balaban J connectivity index is 1.93. The highest BCUT2D eigenvalue weighted by molar-refractivity contribution is 7.84. The highest BCUT2D eigenvalue weighted by atomic mass is 32.2. The summed E-state index contributed by atoms with van der Waals surface area (Å²) >= 11 is 0. The number of hydrazine groups is 1. The third-order valence-corrected chi connectivity index (χ3v) is 3.61. The summed E-state index contributed by atoms with van der Waals surface area (Å²) < 4.78 is 10.9. The van der Waals surface area contributed by atoms with Gasteiger partial charge in [0.15, 0.2) is 0 Å². The van der Waals surface area contributed by atoms with Crippen LogP contribution in [-0.4, -0.2) is 32.7 Å². The standard InChI is InChI=1S/C11H19N5OS/c1-18(17)6-2-5-13-9-7-10(16-12)15-11(14-9)8-3-4-8/h7-8H,2-6,12H2,1H3,(H2,13,14,15,16). The van der Waals surface area contributed by atoms with Crippen LogP contribution in [0.15, 0.2) is 6.07 Å². The van der Waals surface area contributed by atoms with E-state index in [0.717, 1.165) is 37.4 Å². The number of nitrogen functional groups attached to an aromatic ring is 1. The fourth-order valence-electron chi connectivity index (χ4n) is 1.65. The molecule has 1 aromatic rings. The second-order valence-corrected chi connectivity index (χ2v) is 6.03. The van der Waals surface area contributed by atoms with Crippen LogP contribution in [-0.2, 0) is 10.8 Å². The van der Waals surface area contributed by atoms with Gasteiger partial charge < -0.3 is 10.7 Å². The number of hydrogen-bond acceptors (Lipinski definition) is 6. The van der Waals surface area contributed by atoms with E-state index < -0.39 is 10.8 Å². The number of nitrogens with one attached hydrogen (secondary N) is 2. The molecule has 18 heavy (non-hydrogen) atoms. The van der Waals surface area contributed by atoms with Gasteiger partial charge in [0.25, 0.3) is 0 Å². The maximum atomic E-state index is 10.9. The van der Waals surface area contributed by atoms with Crippen LogP contribution in [0.5, 0.6) is 0 Å². The minimum atomic E-state index is -0.736. The first kappa shape index (κ1) is 13.2. The zero-order valence-electron chi connectivity index (χ0n) is 10.5. The van der Waals surface area contributed by atoms with Gasteiger partial charge in [-0.2, -0.15) is 0 Å². The topological polar surface area (TPSA) is 92.9 Å². The summed E-state index contributed by atoms with van der Waals surface area (Å²) in [5, 5.41) is 3.22. The van der Waals surface area contributed by atoms with Crippen molar-refractivity contribution in [3.63, 3.8) is 0 Å². The van der Waals surface area contributed by atoms with Gasteiger partial charge in [0, 0.05) is 41.3 Å². The molecule has 1 atom stereocenters. The lowest BCUT2D eigenvalue weighted by atomic mass is 10.3. The maximum Gasteiger partial charge on any atom is 0.145 e. The van der Waals surface area contributed by atoms with Crippen molar-refractivity contribution in [2.45, 2.75) is 25.2 Å². The predicted octanol–water partition coefficient (Wildman–Crippen LogP) is 0.820. The number of nitrogens with two attached hydrogens (primary N) is 1.